The van der Waals surface area contributed by atoms with Gasteiger partial charge in [-0.3, -0.25) is 0 Å². The quantitative estimate of drug-likeness (QED) is 0.196. The fraction of sp³-hybridized carbons (Fsp3) is 0.684. The summed E-state index contributed by atoms with van der Waals surface area (Å²) in [6.07, 6.45) is -12.6. The van der Waals surface area contributed by atoms with Gasteiger partial charge in [0.25, 0.3) is 0 Å². The lowest BCUT2D eigenvalue weighted by Gasteiger charge is -2.44. The molecule has 12 heteroatoms. The molecule has 0 spiro atoms. The highest BCUT2D eigenvalue weighted by Crippen LogP contribution is 2.29. The Hall–Kier alpha value is -1.58. The Bertz CT molecular complexity index is 717. The van der Waals surface area contributed by atoms with Crippen LogP contribution >= 0.6 is 0 Å². The van der Waals surface area contributed by atoms with E-state index >= 15 is 0 Å². The molecule has 12 nitrogen and oxygen atoms in total. The molecule has 1 aromatic rings. The van der Waals surface area contributed by atoms with Crippen molar-refractivity contribution < 1.29 is 59.8 Å². The summed E-state index contributed by atoms with van der Waals surface area (Å²) in [5.74, 6) is -0.564. The molecule has 2 saturated heterocycles. The van der Waals surface area contributed by atoms with Gasteiger partial charge in [-0.25, -0.2) is 0 Å². The third-order valence-electron chi connectivity index (χ3n) is 5.28. The van der Waals surface area contributed by atoms with Gasteiger partial charge in [0.15, 0.2) is 24.1 Å². The number of aliphatic hydroxyl groups is 6. The van der Waals surface area contributed by atoms with E-state index in [0.717, 1.165) is 0 Å². The maximum atomic E-state index is 10.5. The standard InChI is InChI=1S/C19H28O12/c20-6-12-14(25)15(26)17(31-18-16(27)13(24)11(23)7-29-18)19(30-12)28-4-3-8-1-2-9(21)10(22)5-8/h1-2,5,11-27H,3-4,6-7H2. The van der Waals surface area contributed by atoms with Gasteiger partial charge in [-0.2, -0.15) is 0 Å². The zero-order valence-corrected chi connectivity index (χ0v) is 16.5. The van der Waals surface area contributed by atoms with Crippen molar-refractivity contribution in [1.82, 2.24) is 0 Å². The number of benzene rings is 1. The third-order valence-corrected chi connectivity index (χ3v) is 5.28. The van der Waals surface area contributed by atoms with Crippen molar-refractivity contribution in [3.8, 4) is 11.5 Å². The predicted octanol–water partition coefficient (Wildman–Crippen LogP) is -3.08. The molecular formula is C19H28O12. The number of aromatic hydroxyl groups is 2. The molecule has 9 unspecified atom stereocenters. The highest BCUT2D eigenvalue weighted by molar-refractivity contribution is 5.40. The molecule has 8 N–H and O–H groups in total. The molecule has 9 atom stereocenters. The Balaban J connectivity index is 1.67. The molecule has 0 aliphatic carbocycles. The van der Waals surface area contributed by atoms with E-state index in [2.05, 4.69) is 0 Å². The van der Waals surface area contributed by atoms with Crippen LogP contribution in [0, 0.1) is 0 Å². The first kappa shape index (κ1) is 24.1. The first-order valence-electron chi connectivity index (χ1n) is 9.79. The minimum absolute atomic E-state index is 0.00508. The van der Waals surface area contributed by atoms with Gasteiger partial charge in [-0.1, -0.05) is 6.07 Å². The first-order valence-corrected chi connectivity index (χ1v) is 9.79. The summed E-state index contributed by atoms with van der Waals surface area (Å²) in [4.78, 5) is 0. The Morgan fingerprint density at radius 2 is 1.65 bits per heavy atom. The zero-order chi connectivity index (χ0) is 22.7. The van der Waals surface area contributed by atoms with E-state index in [9.17, 15) is 40.9 Å². The van der Waals surface area contributed by atoms with E-state index in [1.807, 2.05) is 0 Å². The van der Waals surface area contributed by atoms with E-state index in [0.29, 0.717) is 5.56 Å². The topological polar surface area (TPSA) is 199 Å². The predicted molar refractivity (Wildman–Crippen MR) is 99.8 cm³/mol. The fourth-order valence-corrected chi connectivity index (χ4v) is 3.41. The van der Waals surface area contributed by atoms with Crippen LogP contribution < -0.4 is 0 Å². The van der Waals surface area contributed by atoms with Crippen molar-refractivity contribution in [2.75, 3.05) is 19.8 Å². The van der Waals surface area contributed by atoms with Crippen LogP contribution in [0.2, 0.25) is 0 Å². The molecular weight excluding hydrogens is 420 g/mol. The van der Waals surface area contributed by atoms with E-state index in [4.69, 9.17) is 18.9 Å². The van der Waals surface area contributed by atoms with Crippen molar-refractivity contribution in [2.45, 2.75) is 61.7 Å². The number of ether oxygens (including phenoxy) is 4. The van der Waals surface area contributed by atoms with Gasteiger partial charge >= 0.3 is 0 Å². The highest BCUT2D eigenvalue weighted by atomic mass is 16.8. The smallest absolute Gasteiger partial charge is 0.187 e. The van der Waals surface area contributed by atoms with Crippen molar-refractivity contribution in [1.29, 1.82) is 0 Å². The number of hydrogen-bond acceptors (Lipinski definition) is 12. The normalized spacial score (nSPS) is 38.8. The number of aliphatic hydroxyl groups excluding tert-OH is 6. The molecule has 2 aliphatic rings. The second-order valence-corrected chi connectivity index (χ2v) is 7.50. The van der Waals surface area contributed by atoms with Crippen LogP contribution in [0.25, 0.3) is 0 Å². The molecule has 31 heavy (non-hydrogen) atoms. The van der Waals surface area contributed by atoms with Crippen molar-refractivity contribution in [3.05, 3.63) is 23.8 Å². The molecule has 0 radical (unpaired) electrons. The lowest BCUT2D eigenvalue weighted by molar-refractivity contribution is -0.356. The fourth-order valence-electron chi connectivity index (χ4n) is 3.41. The minimum atomic E-state index is -1.63. The number of hydrogen-bond donors (Lipinski definition) is 8. The van der Waals surface area contributed by atoms with Crippen LogP contribution in [-0.4, -0.2) is 116 Å². The summed E-state index contributed by atoms with van der Waals surface area (Å²) in [6.45, 7) is -0.931. The van der Waals surface area contributed by atoms with Crippen LogP contribution in [0.5, 0.6) is 11.5 Å². The number of rotatable bonds is 7. The van der Waals surface area contributed by atoms with Crippen LogP contribution in [0.4, 0.5) is 0 Å². The molecule has 0 bridgehead atoms. The number of phenols is 2. The Morgan fingerprint density at radius 1 is 0.903 bits per heavy atom. The summed E-state index contributed by atoms with van der Waals surface area (Å²) in [5.41, 5.74) is 0.631. The minimum Gasteiger partial charge on any atom is -0.504 e. The van der Waals surface area contributed by atoms with Crippen molar-refractivity contribution in [3.63, 3.8) is 0 Å². The first-order chi connectivity index (χ1) is 14.7. The van der Waals surface area contributed by atoms with Crippen LogP contribution in [0.1, 0.15) is 5.56 Å². The van der Waals surface area contributed by atoms with E-state index in [1.165, 1.54) is 12.1 Å². The Morgan fingerprint density at radius 3 is 2.32 bits per heavy atom. The molecule has 1 aromatic carbocycles. The lowest BCUT2D eigenvalue weighted by Crippen LogP contribution is -2.63. The maximum Gasteiger partial charge on any atom is 0.187 e. The second-order valence-electron chi connectivity index (χ2n) is 7.50. The summed E-state index contributed by atoms with van der Waals surface area (Å²) >= 11 is 0. The molecule has 2 heterocycles. The SMILES string of the molecule is OCC1OC(OCCc2ccc(O)c(O)c2)C(OC2OCC(O)C(O)C2O)C(O)C1O. The summed E-state index contributed by atoms with van der Waals surface area (Å²) in [7, 11) is 0. The molecule has 2 fully saturated rings. The van der Waals surface area contributed by atoms with Gasteiger partial charge in [0.05, 0.1) is 19.8 Å². The van der Waals surface area contributed by atoms with Crippen molar-refractivity contribution >= 4 is 0 Å². The summed E-state index contributed by atoms with van der Waals surface area (Å²) < 4.78 is 21.8. The average Bonchev–Trinajstić information content (AvgIpc) is 2.75. The molecule has 0 aromatic heterocycles. The Labute approximate surface area is 177 Å². The average molecular weight is 448 g/mol. The van der Waals surface area contributed by atoms with E-state index in [-0.39, 0.29) is 31.1 Å². The van der Waals surface area contributed by atoms with Gasteiger partial charge in [-0.05, 0) is 24.1 Å². The molecule has 2 aliphatic heterocycles. The highest BCUT2D eigenvalue weighted by Gasteiger charge is 2.49. The summed E-state index contributed by atoms with van der Waals surface area (Å²) in [6, 6.07) is 4.24. The second kappa shape index (κ2) is 10.4. The van der Waals surface area contributed by atoms with E-state index in [1.54, 1.807) is 6.07 Å². The van der Waals surface area contributed by atoms with Gasteiger partial charge in [-0.15, -0.1) is 0 Å². The van der Waals surface area contributed by atoms with Crippen LogP contribution in [0.3, 0.4) is 0 Å². The van der Waals surface area contributed by atoms with E-state index < -0.39 is 61.9 Å². The van der Waals surface area contributed by atoms with Crippen molar-refractivity contribution in [2.24, 2.45) is 0 Å². The third kappa shape index (κ3) is 5.43. The van der Waals surface area contributed by atoms with Gasteiger partial charge in [0.2, 0.25) is 0 Å². The summed E-state index contributed by atoms with van der Waals surface area (Å²) in [5, 5.41) is 78.4. The molecule has 0 amide bonds. The monoisotopic (exact) mass is 448 g/mol. The molecule has 0 saturated carbocycles. The molecule has 176 valence electrons. The molecule has 3 rings (SSSR count). The van der Waals surface area contributed by atoms with Gasteiger partial charge < -0.3 is 59.8 Å². The van der Waals surface area contributed by atoms with Gasteiger partial charge in [0, 0.05) is 0 Å². The Kier molecular flexibility index (Phi) is 8.04. The number of phenolic OH excluding ortho intramolecular Hbond substituents is 2. The lowest BCUT2D eigenvalue weighted by atomic mass is 9.98. The van der Waals surface area contributed by atoms with Gasteiger partial charge in [0.1, 0.15) is 42.7 Å². The largest absolute Gasteiger partial charge is 0.504 e. The van der Waals surface area contributed by atoms with Crippen LogP contribution in [0.15, 0.2) is 18.2 Å². The van der Waals surface area contributed by atoms with Crippen LogP contribution in [-0.2, 0) is 25.4 Å². The maximum absolute atomic E-state index is 10.5. The zero-order valence-electron chi connectivity index (χ0n) is 16.5.